The van der Waals surface area contributed by atoms with Gasteiger partial charge in [0.05, 0.1) is 18.7 Å². The van der Waals surface area contributed by atoms with E-state index >= 15 is 0 Å². The molecule has 0 aliphatic rings. The number of aromatic amines is 1. The van der Waals surface area contributed by atoms with E-state index in [4.69, 9.17) is 9.84 Å². The first-order valence-electron chi connectivity index (χ1n) is 6.67. The third-order valence-corrected chi connectivity index (χ3v) is 2.95. The molecule has 0 fully saturated rings. The van der Waals surface area contributed by atoms with Crippen LogP contribution in [0.15, 0.2) is 18.3 Å². The number of nitrogens with zero attached hydrogens (tertiary/aromatic N) is 1. The van der Waals surface area contributed by atoms with E-state index in [1.807, 2.05) is 26.0 Å². The van der Waals surface area contributed by atoms with Gasteiger partial charge in [-0.15, -0.1) is 0 Å². The number of fused-ring (bicyclic) bond motifs is 1. The van der Waals surface area contributed by atoms with Gasteiger partial charge in [0.2, 0.25) is 0 Å². The van der Waals surface area contributed by atoms with Gasteiger partial charge in [-0.3, -0.25) is 4.79 Å². The molecule has 2 rings (SSSR count). The molecule has 2 N–H and O–H groups in total. The van der Waals surface area contributed by atoms with Crippen LogP contribution in [-0.2, 0) is 11.2 Å². The maximum Gasteiger partial charge on any atom is 0.309 e. The predicted octanol–water partition coefficient (Wildman–Crippen LogP) is 3.25. The van der Waals surface area contributed by atoms with Crippen molar-refractivity contribution < 1.29 is 14.6 Å². The molecule has 2 heterocycles. The van der Waals surface area contributed by atoms with E-state index in [1.54, 1.807) is 27.2 Å². The second kappa shape index (κ2) is 6.41. The largest absolute Gasteiger partial charge is 0.495 e. The van der Waals surface area contributed by atoms with E-state index in [-0.39, 0.29) is 0 Å². The predicted molar refractivity (Wildman–Crippen MR) is 79.1 cm³/mol. The van der Waals surface area contributed by atoms with Gasteiger partial charge in [0.15, 0.2) is 0 Å². The molecule has 2 aromatic rings. The Morgan fingerprint density at radius 3 is 2.60 bits per heavy atom. The Bertz CT molecular complexity index is 588. The van der Waals surface area contributed by atoms with Crippen molar-refractivity contribution in [3.8, 4) is 5.75 Å². The number of hydrogen-bond donors (Lipinski definition) is 2. The summed E-state index contributed by atoms with van der Waals surface area (Å²) < 4.78 is 5.10. The molecule has 0 saturated heterocycles. The van der Waals surface area contributed by atoms with Crippen molar-refractivity contribution >= 4 is 17.0 Å². The molecule has 0 unspecified atom stereocenters. The Morgan fingerprint density at radius 2 is 2.05 bits per heavy atom. The van der Waals surface area contributed by atoms with E-state index < -0.39 is 11.4 Å². The summed E-state index contributed by atoms with van der Waals surface area (Å²) in [7, 11) is 1.59. The summed E-state index contributed by atoms with van der Waals surface area (Å²) in [5.74, 6) is -0.128. The topological polar surface area (TPSA) is 75.2 Å². The van der Waals surface area contributed by atoms with Crippen LogP contribution in [0, 0.1) is 5.41 Å². The standard InChI is InChI=1S/C13H16N2O3.C2H6/c1-13(2,12(16)17)6-9-4-8-5-10(18-3)7-14-11(8)15-9;1-2/h4-5,7H,6H2,1-3H3,(H,14,15)(H,16,17);1-2H3. The Balaban J connectivity index is 0.000000956. The summed E-state index contributed by atoms with van der Waals surface area (Å²) in [4.78, 5) is 18.4. The highest BCUT2D eigenvalue weighted by atomic mass is 16.5. The summed E-state index contributed by atoms with van der Waals surface area (Å²) in [5.41, 5.74) is 0.801. The highest BCUT2D eigenvalue weighted by Crippen LogP contribution is 2.25. The maximum atomic E-state index is 11.1. The van der Waals surface area contributed by atoms with Crippen molar-refractivity contribution in [2.45, 2.75) is 34.1 Å². The zero-order chi connectivity index (χ0) is 15.3. The summed E-state index contributed by atoms with van der Waals surface area (Å²) in [6.07, 6.45) is 2.06. The normalized spacial score (nSPS) is 10.8. The first-order valence-corrected chi connectivity index (χ1v) is 6.67. The fourth-order valence-corrected chi connectivity index (χ4v) is 1.81. The van der Waals surface area contributed by atoms with Crippen molar-refractivity contribution in [3.05, 3.63) is 24.0 Å². The molecule has 0 aromatic carbocycles. The number of carboxylic acid groups (broad SMARTS) is 1. The van der Waals surface area contributed by atoms with Crippen molar-refractivity contribution in [2.24, 2.45) is 5.41 Å². The van der Waals surface area contributed by atoms with Crippen LogP contribution in [0.5, 0.6) is 5.75 Å². The lowest BCUT2D eigenvalue weighted by atomic mass is 9.88. The van der Waals surface area contributed by atoms with Crippen LogP contribution < -0.4 is 4.74 Å². The quantitative estimate of drug-likeness (QED) is 0.900. The van der Waals surface area contributed by atoms with Crippen LogP contribution >= 0.6 is 0 Å². The lowest BCUT2D eigenvalue weighted by Gasteiger charge is -2.17. The van der Waals surface area contributed by atoms with E-state index in [2.05, 4.69) is 9.97 Å². The fourth-order valence-electron chi connectivity index (χ4n) is 1.81. The minimum atomic E-state index is -0.813. The first kappa shape index (κ1) is 16.0. The fraction of sp³-hybridized carbons (Fsp3) is 0.467. The minimum absolute atomic E-state index is 0.432. The molecular formula is C15H22N2O3. The Kier molecular flexibility index (Phi) is 5.13. The molecule has 0 bridgehead atoms. The minimum Gasteiger partial charge on any atom is -0.495 e. The molecule has 2 aromatic heterocycles. The van der Waals surface area contributed by atoms with E-state index in [9.17, 15) is 4.79 Å². The Labute approximate surface area is 119 Å². The summed E-state index contributed by atoms with van der Waals surface area (Å²) >= 11 is 0. The van der Waals surface area contributed by atoms with Crippen LogP contribution in [0.2, 0.25) is 0 Å². The van der Waals surface area contributed by atoms with Crippen molar-refractivity contribution in [1.29, 1.82) is 0 Å². The van der Waals surface area contributed by atoms with Gasteiger partial charge in [-0.05, 0) is 26.0 Å². The van der Waals surface area contributed by atoms with Crippen LogP contribution in [0.3, 0.4) is 0 Å². The van der Waals surface area contributed by atoms with Gasteiger partial charge < -0.3 is 14.8 Å². The van der Waals surface area contributed by atoms with Gasteiger partial charge in [0.1, 0.15) is 11.4 Å². The van der Waals surface area contributed by atoms with Gasteiger partial charge in [0, 0.05) is 17.5 Å². The molecule has 5 nitrogen and oxygen atoms in total. The van der Waals surface area contributed by atoms with Crippen LogP contribution in [0.4, 0.5) is 0 Å². The Morgan fingerprint density at radius 1 is 1.40 bits per heavy atom. The van der Waals surface area contributed by atoms with Gasteiger partial charge in [-0.1, -0.05) is 13.8 Å². The molecule has 0 spiro atoms. The molecular weight excluding hydrogens is 256 g/mol. The summed E-state index contributed by atoms with van der Waals surface area (Å²) in [6.45, 7) is 7.41. The third kappa shape index (κ3) is 3.50. The Hall–Kier alpha value is -2.04. The van der Waals surface area contributed by atoms with Gasteiger partial charge in [0.25, 0.3) is 0 Å². The number of rotatable bonds is 4. The summed E-state index contributed by atoms with van der Waals surface area (Å²) in [5, 5.41) is 10.0. The molecule has 0 aliphatic carbocycles. The van der Waals surface area contributed by atoms with E-state index in [1.165, 1.54) is 0 Å². The number of methoxy groups -OCH3 is 1. The maximum absolute atomic E-state index is 11.1. The molecule has 0 atom stereocenters. The molecule has 0 saturated carbocycles. The average molecular weight is 278 g/mol. The molecule has 0 radical (unpaired) electrons. The van der Waals surface area contributed by atoms with Gasteiger partial charge >= 0.3 is 5.97 Å². The molecule has 0 amide bonds. The van der Waals surface area contributed by atoms with Crippen molar-refractivity contribution in [1.82, 2.24) is 9.97 Å². The number of carboxylic acids is 1. The van der Waals surface area contributed by atoms with Crippen LogP contribution in [-0.4, -0.2) is 28.2 Å². The summed E-state index contributed by atoms with van der Waals surface area (Å²) in [6, 6.07) is 3.78. The number of H-pyrrole nitrogens is 1. The number of aliphatic carboxylic acids is 1. The number of aromatic nitrogens is 2. The van der Waals surface area contributed by atoms with Crippen molar-refractivity contribution in [3.63, 3.8) is 0 Å². The second-order valence-electron chi connectivity index (χ2n) is 4.97. The van der Waals surface area contributed by atoms with E-state index in [0.717, 1.165) is 16.7 Å². The lowest BCUT2D eigenvalue weighted by molar-refractivity contribution is -0.146. The molecule has 0 aliphatic heterocycles. The number of pyridine rings is 1. The zero-order valence-electron chi connectivity index (χ0n) is 12.7. The van der Waals surface area contributed by atoms with Gasteiger partial charge in [-0.25, -0.2) is 4.98 Å². The molecule has 20 heavy (non-hydrogen) atoms. The van der Waals surface area contributed by atoms with Crippen molar-refractivity contribution in [2.75, 3.05) is 7.11 Å². The molecule has 5 heteroatoms. The molecule has 110 valence electrons. The number of hydrogen-bond acceptors (Lipinski definition) is 3. The number of carbonyl (C=O) groups is 1. The smallest absolute Gasteiger partial charge is 0.309 e. The highest BCUT2D eigenvalue weighted by molar-refractivity contribution is 5.79. The number of ether oxygens (including phenoxy) is 1. The highest BCUT2D eigenvalue weighted by Gasteiger charge is 2.28. The number of nitrogens with one attached hydrogen (secondary N) is 1. The zero-order valence-corrected chi connectivity index (χ0v) is 12.7. The average Bonchev–Trinajstić information content (AvgIpc) is 2.80. The van der Waals surface area contributed by atoms with Gasteiger partial charge in [-0.2, -0.15) is 0 Å². The monoisotopic (exact) mass is 278 g/mol. The van der Waals surface area contributed by atoms with Crippen LogP contribution in [0.25, 0.3) is 11.0 Å². The third-order valence-electron chi connectivity index (χ3n) is 2.95. The van der Waals surface area contributed by atoms with E-state index in [0.29, 0.717) is 12.2 Å². The SMILES string of the molecule is CC.COc1cnc2[nH]c(CC(C)(C)C(=O)O)cc2c1. The first-order chi connectivity index (χ1) is 9.42. The lowest BCUT2D eigenvalue weighted by Crippen LogP contribution is -2.26. The van der Waals surface area contributed by atoms with Crippen LogP contribution in [0.1, 0.15) is 33.4 Å². The second-order valence-corrected chi connectivity index (χ2v) is 4.97.